The maximum atomic E-state index is 12.3. The van der Waals surface area contributed by atoms with Crippen LogP contribution in [0.2, 0.25) is 0 Å². The normalized spacial score (nSPS) is 15.2. The summed E-state index contributed by atoms with van der Waals surface area (Å²) in [7, 11) is 1.66. The highest BCUT2D eigenvalue weighted by atomic mass is 16.6. The van der Waals surface area contributed by atoms with E-state index in [4.69, 9.17) is 9.47 Å². The van der Waals surface area contributed by atoms with Gasteiger partial charge in [-0.1, -0.05) is 24.3 Å². The molecule has 6 heteroatoms. The molecule has 1 fully saturated rings. The van der Waals surface area contributed by atoms with Crippen molar-refractivity contribution in [1.29, 1.82) is 0 Å². The van der Waals surface area contributed by atoms with Crippen molar-refractivity contribution in [3.63, 3.8) is 0 Å². The van der Waals surface area contributed by atoms with E-state index in [0.717, 1.165) is 11.1 Å². The van der Waals surface area contributed by atoms with Crippen LogP contribution < -0.4 is 5.32 Å². The Kier molecular flexibility index (Phi) is 7.06. The molecule has 1 aromatic carbocycles. The van der Waals surface area contributed by atoms with Gasteiger partial charge in [-0.3, -0.25) is 4.79 Å². The lowest BCUT2D eigenvalue weighted by molar-refractivity contribution is -0.126. The summed E-state index contributed by atoms with van der Waals surface area (Å²) in [5.41, 5.74) is 2.15. The van der Waals surface area contributed by atoms with Crippen LogP contribution >= 0.6 is 0 Å². The van der Waals surface area contributed by atoms with Gasteiger partial charge < -0.3 is 19.7 Å². The van der Waals surface area contributed by atoms with Crippen LogP contribution in [0.4, 0.5) is 4.79 Å². The van der Waals surface area contributed by atoms with Crippen molar-refractivity contribution < 1.29 is 19.1 Å². The minimum atomic E-state index is -0.286. The van der Waals surface area contributed by atoms with E-state index in [1.807, 2.05) is 24.3 Å². The molecule has 0 atom stereocenters. The van der Waals surface area contributed by atoms with Crippen molar-refractivity contribution in [3.8, 4) is 0 Å². The largest absolute Gasteiger partial charge is 0.450 e. The highest BCUT2D eigenvalue weighted by Gasteiger charge is 2.27. The van der Waals surface area contributed by atoms with Gasteiger partial charge in [0.05, 0.1) is 13.2 Å². The Labute approximate surface area is 143 Å². The van der Waals surface area contributed by atoms with Gasteiger partial charge in [0.1, 0.15) is 0 Å². The summed E-state index contributed by atoms with van der Waals surface area (Å²) in [4.78, 5) is 25.6. The van der Waals surface area contributed by atoms with Gasteiger partial charge in [0.15, 0.2) is 0 Å². The maximum absolute atomic E-state index is 12.3. The number of nitrogens with zero attached hydrogens (tertiary/aromatic N) is 1. The third-order valence-electron chi connectivity index (χ3n) is 4.16. The van der Waals surface area contributed by atoms with Crippen LogP contribution in [0.3, 0.4) is 0 Å². The standard InChI is InChI=1S/C18H26N2O4/c1-3-24-18(22)20-9-7-16(8-10-20)17(21)19-12-14-5-4-6-15(11-14)13-23-2/h4-6,11,16H,3,7-10,12-13H2,1-2H3,(H,19,21). The number of hydrogen-bond acceptors (Lipinski definition) is 4. The fraction of sp³-hybridized carbons (Fsp3) is 0.556. The molecule has 0 spiro atoms. The second-order valence-electron chi connectivity index (χ2n) is 5.93. The minimum absolute atomic E-state index is 0.0437. The fourth-order valence-electron chi connectivity index (χ4n) is 2.87. The van der Waals surface area contributed by atoms with E-state index in [1.54, 1.807) is 18.9 Å². The van der Waals surface area contributed by atoms with E-state index in [-0.39, 0.29) is 17.9 Å². The third kappa shape index (κ3) is 5.23. The average molecular weight is 334 g/mol. The Bertz CT molecular complexity index is 554. The molecule has 0 unspecified atom stereocenters. The summed E-state index contributed by atoms with van der Waals surface area (Å²) in [6.07, 6.45) is 1.06. The Morgan fingerprint density at radius 2 is 1.96 bits per heavy atom. The molecular formula is C18H26N2O4. The number of ether oxygens (including phenoxy) is 2. The second-order valence-corrected chi connectivity index (χ2v) is 5.93. The maximum Gasteiger partial charge on any atom is 0.409 e. The molecule has 2 rings (SSSR count). The monoisotopic (exact) mass is 334 g/mol. The Hall–Kier alpha value is -2.08. The molecule has 2 amide bonds. The van der Waals surface area contributed by atoms with E-state index < -0.39 is 0 Å². The number of likely N-dealkylation sites (tertiary alicyclic amines) is 1. The van der Waals surface area contributed by atoms with Gasteiger partial charge in [0.25, 0.3) is 0 Å². The van der Waals surface area contributed by atoms with Crippen molar-refractivity contribution in [2.45, 2.75) is 32.9 Å². The first-order chi connectivity index (χ1) is 11.6. The molecule has 1 saturated heterocycles. The lowest BCUT2D eigenvalue weighted by Crippen LogP contribution is -2.43. The Morgan fingerprint density at radius 3 is 2.62 bits per heavy atom. The number of amides is 2. The number of benzene rings is 1. The number of piperidine rings is 1. The minimum Gasteiger partial charge on any atom is -0.450 e. The third-order valence-corrected chi connectivity index (χ3v) is 4.16. The van der Waals surface area contributed by atoms with Gasteiger partial charge in [-0.15, -0.1) is 0 Å². The predicted octanol–water partition coefficient (Wildman–Crippen LogP) is 2.32. The van der Waals surface area contributed by atoms with Gasteiger partial charge in [-0.25, -0.2) is 4.79 Å². The summed E-state index contributed by atoms with van der Waals surface area (Å²) in [6.45, 7) is 4.38. The number of nitrogens with one attached hydrogen (secondary N) is 1. The highest BCUT2D eigenvalue weighted by molar-refractivity contribution is 5.79. The molecular weight excluding hydrogens is 308 g/mol. The Balaban J connectivity index is 1.77. The van der Waals surface area contributed by atoms with Crippen LogP contribution in [0.5, 0.6) is 0 Å². The fourth-order valence-corrected chi connectivity index (χ4v) is 2.87. The van der Waals surface area contributed by atoms with Crippen LogP contribution in [-0.2, 0) is 27.4 Å². The molecule has 1 aliphatic rings. The molecule has 24 heavy (non-hydrogen) atoms. The van der Waals surface area contributed by atoms with Crippen molar-refractivity contribution in [2.24, 2.45) is 5.92 Å². The lowest BCUT2D eigenvalue weighted by atomic mass is 9.96. The van der Waals surface area contributed by atoms with Gasteiger partial charge in [-0.2, -0.15) is 0 Å². The topological polar surface area (TPSA) is 67.9 Å². The molecule has 0 saturated carbocycles. The van der Waals surface area contributed by atoms with E-state index in [9.17, 15) is 9.59 Å². The lowest BCUT2D eigenvalue weighted by Gasteiger charge is -2.30. The summed E-state index contributed by atoms with van der Waals surface area (Å²) >= 11 is 0. The number of carbonyl (C=O) groups is 2. The molecule has 0 bridgehead atoms. The van der Waals surface area contributed by atoms with Gasteiger partial charge >= 0.3 is 6.09 Å². The van der Waals surface area contributed by atoms with Gasteiger partial charge in [0, 0.05) is 32.7 Å². The molecule has 132 valence electrons. The molecule has 0 aromatic heterocycles. The van der Waals surface area contributed by atoms with Gasteiger partial charge in [0.2, 0.25) is 5.91 Å². The quantitative estimate of drug-likeness (QED) is 0.867. The van der Waals surface area contributed by atoms with E-state index in [2.05, 4.69) is 5.32 Å². The molecule has 1 aromatic rings. The zero-order chi connectivity index (χ0) is 17.4. The summed E-state index contributed by atoms with van der Waals surface area (Å²) in [5, 5.41) is 2.99. The van der Waals surface area contributed by atoms with Crippen molar-refractivity contribution in [1.82, 2.24) is 10.2 Å². The first-order valence-electron chi connectivity index (χ1n) is 8.40. The van der Waals surface area contributed by atoms with Crippen LogP contribution in [0.1, 0.15) is 30.9 Å². The van der Waals surface area contributed by atoms with E-state index >= 15 is 0 Å². The first-order valence-corrected chi connectivity index (χ1v) is 8.40. The average Bonchev–Trinajstić information content (AvgIpc) is 2.61. The summed E-state index contributed by atoms with van der Waals surface area (Å²) in [6, 6.07) is 7.99. The SMILES string of the molecule is CCOC(=O)N1CCC(C(=O)NCc2cccc(COC)c2)CC1. The van der Waals surface area contributed by atoms with Crippen molar-refractivity contribution >= 4 is 12.0 Å². The Morgan fingerprint density at radius 1 is 1.25 bits per heavy atom. The van der Waals surface area contributed by atoms with Crippen LogP contribution in [0.15, 0.2) is 24.3 Å². The molecule has 1 N–H and O–H groups in total. The van der Waals surface area contributed by atoms with Crippen LogP contribution in [-0.4, -0.2) is 43.7 Å². The zero-order valence-corrected chi connectivity index (χ0v) is 14.4. The number of carbonyl (C=O) groups excluding carboxylic acids is 2. The summed E-state index contributed by atoms with van der Waals surface area (Å²) in [5.74, 6) is 0.00786. The predicted molar refractivity (Wildman–Crippen MR) is 90.3 cm³/mol. The molecule has 6 nitrogen and oxygen atoms in total. The van der Waals surface area contributed by atoms with Crippen LogP contribution in [0.25, 0.3) is 0 Å². The second kappa shape index (κ2) is 9.27. The van der Waals surface area contributed by atoms with Crippen molar-refractivity contribution in [2.75, 3.05) is 26.8 Å². The molecule has 1 aliphatic heterocycles. The molecule has 0 aliphatic carbocycles. The number of rotatable bonds is 6. The molecule has 0 radical (unpaired) electrons. The van der Waals surface area contributed by atoms with Crippen LogP contribution in [0, 0.1) is 5.92 Å². The molecule has 1 heterocycles. The van der Waals surface area contributed by atoms with E-state index in [1.165, 1.54) is 0 Å². The van der Waals surface area contributed by atoms with Crippen molar-refractivity contribution in [3.05, 3.63) is 35.4 Å². The smallest absolute Gasteiger partial charge is 0.409 e. The number of methoxy groups -OCH3 is 1. The van der Waals surface area contributed by atoms with Gasteiger partial charge in [-0.05, 0) is 30.9 Å². The number of hydrogen-bond donors (Lipinski definition) is 1. The van der Waals surface area contributed by atoms with E-state index in [0.29, 0.717) is 45.7 Å². The zero-order valence-electron chi connectivity index (χ0n) is 14.4. The summed E-state index contributed by atoms with van der Waals surface area (Å²) < 4.78 is 10.1. The first kappa shape index (κ1) is 18.3. The highest BCUT2D eigenvalue weighted by Crippen LogP contribution is 2.18.